The minimum atomic E-state index is 0.844. The molecule has 0 heterocycles. The molecule has 0 aliphatic rings. The quantitative estimate of drug-likeness (QED) is 0.519. The normalized spacial score (nSPS) is 15.2. The first-order valence-corrected chi connectivity index (χ1v) is 5.53. The first-order valence-electron chi connectivity index (χ1n) is 5.53. The minimum absolute atomic E-state index is 0.844. The summed E-state index contributed by atoms with van der Waals surface area (Å²) < 4.78 is 0. The molecule has 0 saturated heterocycles. The minimum Gasteiger partial charge on any atom is -0.0914 e. The lowest BCUT2D eigenvalue weighted by molar-refractivity contribution is 0.549. The van der Waals surface area contributed by atoms with E-state index in [2.05, 4.69) is 45.9 Å². The van der Waals surface area contributed by atoms with E-state index in [-0.39, 0.29) is 0 Å². The molecule has 0 bridgehead atoms. The third kappa shape index (κ3) is 6.62. The molecule has 76 valence electrons. The van der Waals surface area contributed by atoms with Crippen LogP contribution in [0.4, 0.5) is 0 Å². The van der Waals surface area contributed by atoms with Gasteiger partial charge in [0.15, 0.2) is 0 Å². The molecule has 0 N–H and O–H groups in total. The topological polar surface area (TPSA) is 0 Å². The van der Waals surface area contributed by atoms with Crippen LogP contribution >= 0.6 is 0 Å². The Morgan fingerprint density at radius 2 is 2.00 bits per heavy atom. The van der Waals surface area contributed by atoms with Crippen LogP contribution in [-0.4, -0.2) is 0 Å². The summed E-state index contributed by atoms with van der Waals surface area (Å²) in [6.45, 7) is 8.93. The van der Waals surface area contributed by atoms with Crippen LogP contribution in [0.25, 0.3) is 0 Å². The van der Waals surface area contributed by atoms with Gasteiger partial charge < -0.3 is 0 Å². The van der Waals surface area contributed by atoms with E-state index in [4.69, 9.17) is 0 Å². The highest BCUT2D eigenvalue weighted by atomic mass is 14.1. The highest BCUT2D eigenvalue weighted by Gasteiger charge is 2.00. The van der Waals surface area contributed by atoms with Gasteiger partial charge in [0.25, 0.3) is 0 Å². The van der Waals surface area contributed by atoms with Crippen molar-refractivity contribution in [1.29, 1.82) is 0 Å². The van der Waals surface area contributed by atoms with Crippen LogP contribution in [0.15, 0.2) is 23.8 Å². The standard InChI is InChI=1S/C13H24/c1-5-8-9-10-13(7-3)11-12(4)6-2/h5,8,10,12H,6-7,9,11H2,1-4H3. The van der Waals surface area contributed by atoms with Crippen molar-refractivity contribution in [1.82, 2.24) is 0 Å². The van der Waals surface area contributed by atoms with Crippen molar-refractivity contribution in [3.8, 4) is 0 Å². The number of allylic oxidation sites excluding steroid dienone is 4. The van der Waals surface area contributed by atoms with Gasteiger partial charge in [-0.25, -0.2) is 0 Å². The maximum Gasteiger partial charge on any atom is -0.0167 e. The van der Waals surface area contributed by atoms with Crippen molar-refractivity contribution in [3.05, 3.63) is 23.8 Å². The van der Waals surface area contributed by atoms with Gasteiger partial charge in [-0.1, -0.05) is 51.0 Å². The Hall–Kier alpha value is -0.520. The Morgan fingerprint density at radius 1 is 1.31 bits per heavy atom. The zero-order valence-electron chi connectivity index (χ0n) is 9.64. The molecule has 0 amide bonds. The molecule has 0 rings (SSSR count). The first-order chi connectivity index (χ1) is 6.24. The van der Waals surface area contributed by atoms with Crippen LogP contribution in [0.3, 0.4) is 0 Å². The Bertz CT molecular complexity index is 163. The molecular weight excluding hydrogens is 156 g/mol. The van der Waals surface area contributed by atoms with Gasteiger partial charge in [0.1, 0.15) is 0 Å². The summed E-state index contributed by atoms with van der Waals surface area (Å²) in [4.78, 5) is 0. The predicted octanol–water partition coefficient (Wildman–Crippen LogP) is 4.73. The summed E-state index contributed by atoms with van der Waals surface area (Å²) in [6.07, 6.45) is 11.6. The van der Waals surface area contributed by atoms with Crippen molar-refractivity contribution >= 4 is 0 Å². The van der Waals surface area contributed by atoms with Crippen LogP contribution in [0.2, 0.25) is 0 Å². The smallest absolute Gasteiger partial charge is 0.0167 e. The average Bonchev–Trinajstić information content (AvgIpc) is 2.16. The zero-order valence-corrected chi connectivity index (χ0v) is 9.64. The highest BCUT2D eigenvalue weighted by Crippen LogP contribution is 2.17. The molecule has 1 unspecified atom stereocenters. The third-order valence-corrected chi connectivity index (χ3v) is 2.54. The Kier molecular flexibility index (Phi) is 7.77. The maximum absolute atomic E-state index is 2.38. The van der Waals surface area contributed by atoms with Crippen molar-refractivity contribution in [2.24, 2.45) is 5.92 Å². The molecule has 0 aliphatic carbocycles. The van der Waals surface area contributed by atoms with Gasteiger partial charge in [0.05, 0.1) is 0 Å². The van der Waals surface area contributed by atoms with Gasteiger partial charge >= 0.3 is 0 Å². The maximum atomic E-state index is 2.38. The fourth-order valence-corrected chi connectivity index (χ4v) is 1.33. The molecule has 0 spiro atoms. The lowest BCUT2D eigenvalue weighted by Crippen LogP contribution is -1.94. The molecule has 0 saturated carbocycles. The van der Waals surface area contributed by atoms with Gasteiger partial charge in [-0.3, -0.25) is 0 Å². The molecule has 13 heavy (non-hydrogen) atoms. The number of hydrogen-bond donors (Lipinski definition) is 0. The fourth-order valence-electron chi connectivity index (χ4n) is 1.33. The van der Waals surface area contributed by atoms with E-state index in [0.717, 1.165) is 12.3 Å². The summed E-state index contributed by atoms with van der Waals surface area (Å²) in [7, 11) is 0. The van der Waals surface area contributed by atoms with E-state index in [1.165, 1.54) is 19.3 Å². The van der Waals surface area contributed by atoms with Gasteiger partial charge in [-0.05, 0) is 32.1 Å². The highest BCUT2D eigenvalue weighted by molar-refractivity contribution is 5.05. The predicted molar refractivity (Wildman–Crippen MR) is 61.9 cm³/mol. The van der Waals surface area contributed by atoms with Crippen molar-refractivity contribution in [2.45, 2.75) is 53.4 Å². The summed E-state index contributed by atoms with van der Waals surface area (Å²) in [5.74, 6) is 0.844. The van der Waals surface area contributed by atoms with Crippen molar-refractivity contribution in [3.63, 3.8) is 0 Å². The molecular formula is C13H24. The van der Waals surface area contributed by atoms with Crippen LogP contribution in [0, 0.1) is 5.92 Å². The second kappa shape index (κ2) is 8.10. The average molecular weight is 180 g/mol. The van der Waals surface area contributed by atoms with Crippen molar-refractivity contribution in [2.75, 3.05) is 0 Å². The molecule has 0 aliphatic heterocycles. The van der Waals surface area contributed by atoms with Crippen LogP contribution in [0.1, 0.15) is 53.4 Å². The van der Waals surface area contributed by atoms with Crippen LogP contribution < -0.4 is 0 Å². The van der Waals surface area contributed by atoms with E-state index in [9.17, 15) is 0 Å². The third-order valence-electron chi connectivity index (χ3n) is 2.54. The molecule has 0 aromatic carbocycles. The molecule has 0 nitrogen and oxygen atoms in total. The SMILES string of the molecule is CC=CCC=C(CC)CC(C)CC. The molecule has 1 atom stereocenters. The lowest BCUT2D eigenvalue weighted by atomic mass is 9.96. The summed E-state index contributed by atoms with van der Waals surface area (Å²) >= 11 is 0. The zero-order chi connectivity index (χ0) is 10.1. The molecule has 0 heteroatoms. The molecule has 0 aromatic rings. The van der Waals surface area contributed by atoms with Gasteiger partial charge in [0, 0.05) is 0 Å². The fraction of sp³-hybridized carbons (Fsp3) is 0.692. The summed E-state index contributed by atoms with van der Waals surface area (Å²) in [5.41, 5.74) is 1.62. The van der Waals surface area contributed by atoms with E-state index in [1.54, 1.807) is 5.57 Å². The Balaban J connectivity index is 3.93. The first kappa shape index (κ1) is 12.5. The number of rotatable bonds is 6. The van der Waals surface area contributed by atoms with E-state index < -0.39 is 0 Å². The van der Waals surface area contributed by atoms with Gasteiger partial charge in [0.2, 0.25) is 0 Å². The number of hydrogen-bond acceptors (Lipinski definition) is 0. The second-order valence-electron chi connectivity index (χ2n) is 3.74. The second-order valence-corrected chi connectivity index (χ2v) is 3.74. The largest absolute Gasteiger partial charge is 0.0914 e. The monoisotopic (exact) mass is 180 g/mol. The summed E-state index contributed by atoms with van der Waals surface area (Å²) in [6, 6.07) is 0. The molecule has 0 aromatic heterocycles. The van der Waals surface area contributed by atoms with Gasteiger partial charge in [-0.2, -0.15) is 0 Å². The van der Waals surface area contributed by atoms with Gasteiger partial charge in [-0.15, -0.1) is 0 Å². The lowest BCUT2D eigenvalue weighted by Gasteiger charge is -2.10. The molecule has 0 radical (unpaired) electrons. The van der Waals surface area contributed by atoms with Crippen molar-refractivity contribution < 1.29 is 0 Å². The Labute approximate surface area is 83.7 Å². The summed E-state index contributed by atoms with van der Waals surface area (Å²) in [5, 5.41) is 0. The van der Waals surface area contributed by atoms with Crippen LogP contribution in [0.5, 0.6) is 0 Å². The van der Waals surface area contributed by atoms with E-state index >= 15 is 0 Å². The van der Waals surface area contributed by atoms with Crippen LogP contribution in [-0.2, 0) is 0 Å². The molecule has 0 fully saturated rings. The van der Waals surface area contributed by atoms with E-state index in [1.807, 2.05) is 0 Å². The van der Waals surface area contributed by atoms with E-state index in [0.29, 0.717) is 0 Å². The Morgan fingerprint density at radius 3 is 2.46 bits per heavy atom.